The van der Waals surface area contributed by atoms with E-state index in [-0.39, 0.29) is 4.90 Å². The molecule has 9 heteroatoms. The summed E-state index contributed by atoms with van der Waals surface area (Å²) in [6.07, 6.45) is 4.64. The standard InChI is InChI=1S/C14H18N2O3.C7H8O3S/c1-18-14-4-2-12(3-5-14)9-19-10-13(17)8-16-7-6-15-11-16;1-6-2-4-7(5-3-6)11(8,9)10/h2-7,11,13,17H,8-10H2,1H3;2-5H,1H3,(H,8,9,10). The van der Waals surface area contributed by atoms with Gasteiger partial charge in [0, 0.05) is 12.4 Å². The van der Waals surface area contributed by atoms with E-state index in [1.807, 2.05) is 42.0 Å². The summed E-state index contributed by atoms with van der Waals surface area (Å²) in [7, 11) is -2.38. The summed E-state index contributed by atoms with van der Waals surface area (Å²) in [5.41, 5.74) is 2.01. The SMILES string of the molecule is COc1ccc(COCC(O)Cn2ccnc2)cc1.Cc1ccc(S(=O)(=O)O)cc1. The molecule has 0 aliphatic carbocycles. The van der Waals surface area contributed by atoms with Gasteiger partial charge in [0.2, 0.25) is 0 Å². The number of aryl methyl sites for hydroxylation is 1. The zero-order valence-corrected chi connectivity index (χ0v) is 17.7. The summed E-state index contributed by atoms with van der Waals surface area (Å²) >= 11 is 0. The number of aliphatic hydroxyl groups is 1. The van der Waals surface area contributed by atoms with E-state index in [2.05, 4.69) is 4.98 Å². The van der Waals surface area contributed by atoms with Crippen LogP contribution in [0.25, 0.3) is 0 Å². The van der Waals surface area contributed by atoms with Gasteiger partial charge >= 0.3 is 0 Å². The molecule has 1 unspecified atom stereocenters. The molecule has 0 amide bonds. The molecule has 1 aromatic heterocycles. The highest BCUT2D eigenvalue weighted by Gasteiger charge is 2.07. The van der Waals surface area contributed by atoms with Crippen molar-refractivity contribution in [3.63, 3.8) is 0 Å². The van der Waals surface area contributed by atoms with Crippen LogP contribution in [0.4, 0.5) is 0 Å². The average molecular weight is 435 g/mol. The first-order chi connectivity index (χ1) is 14.3. The van der Waals surface area contributed by atoms with E-state index in [4.69, 9.17) is 14.0 Å². The Labute approximate surface area is 176 Å². The lowest BCUT2D eigenvalue weighted by Gasteiger charge is -2.12. The molecule has 0 fully saturated rings. The lowest BCUT2D eigenvalue weighted by molar-refractivity contribution is 0.0203. The Morgan fingerprint density at radius 3 is 2.30 bits per heavy atom. The second-order valence-electron chi connectivity index (χ2n) is 6.56. The zero-order valence-electron chi connectivity index (χ0n) is 16.9. The van der Waals surface area contributed by atoms with Gasteiger partial charge < -0.3 is 19.1 Å². The summed E-state index contributed by atoms with van der Waals surface area (Å²) in [4.78, 5) is 3.85. The van der Waals surface area contributed by atoms with Gasteiger partial charge in [-0.2, -0.15) is 8.42 Å². The number of methoxy groups -OCH3 is 1. The number of hydrogen-bond donors (Lipinski definition) is 2. The minimum atomic E-state index is -4.02. The molecule has 0 saturated heterocycles. The molecule has 0 radical (unpaired) electrons. The Hall–Kier alpha value is -2.72. The Morgan fingerprint density at radius 1 is 1.10 bits per heavy atom. The quantitative estimate of drug-likeness (QED) is 0.525. The van der Waals surface area contributed by atoms with Crippen LogP contribution in [0.3, 0.4) is 0 Å². The van der Waals surface area contributed by atoms with Gasteiger partial charge in [-0.1, -0.05) is 29.8 Å². The number of hydrogen-bond acceptors (Lipinski definition) is 6. The molecule has 1 heterocycles. The maximum absolute atomic E-state index is 10.5. The molecule has 0 bridgehead atoms. The van der Waals surface area contributed by atoms with Crippen molar-refractivity contribution in [3.8, 4) is 5.75 Å². The number of rotatable bonds is 8. The molecule has 0 aliphatic heterocycles. The highest BCUT2D eigenvalue weighted by Crippen LogP contribution is 2.12. The lowest BCUT2D eigenvalue weighted by atomic mass is 10.2. The summed E-state index contributed by atoms with van der Waals surface area (Å²) < 4.78 is 41.9. The van der Waals surface area contributed by atoms with Crippen LogP contribution in [0.15, 0.2) is 72.1 Å². The fourth-order valence-electron chi connectivity index (χ4n) is 2.44. The molecule has 1 atom stereocenters. The van der Waals surface area contributed by atoms with E-state index in [1.54, 1.807) is 31.8 Å². The number of imidazole rings is 1. The molecule has 2 N–H and O–H groups in total. The molecule has 2 aromatic carbocycles. The lowest BCUT2D eigenvalue weighted by Crippen LogP contribution is -2.21. The van der Waals surface area contributed by atoms with Gasteiger partial charge in [0.15, 0.2) is 0 Å². The zero-order chi connectivity index (χ0) is 22.0. The molecule has 0 aliphatic rings. The van der Waals surface area contributed by atoms with Crippen LogP contribution in [0, 0.1) is 6.92 Å². The molecule has 0 saturated carbocycles. The first-order valence-electron chi connectivity index (χ1n) is 9.16. The minimum Gasteiger partial charge on any atom is -0.497 e. The smallest absolute Gasteiger partial charge is 0.294 e. The Bertz CT molecular complexity index is 971. The second-order valence-corrected chi connectivity index (χ2v) is 7.99. The van der Waals surface area contributed by atoms with Gasteiger partial charge in [0.25, 0.3) is 10.1 Å². The van der Waals surface area contributed by atoms with E-state index in [9.17, 15) is 13.5 Å². The predicted octanol–water partition coefficient (Wildman–Crippen LogP) is 2.71. The number of benzene rings is 2. The van der Waals surface area contributed by atoms with E-state index in [1.165, 1.54) is 12.1 Å². The van der Waals surface area contributed by atoms with Crippen LogP contribution in [0.2, 0.25) is 0 Å². The fraction of sp³-hybridized carbons (Fsp3) is 0.286. The van der Waals surface area contributed by atoms with E-state index in [0.717, 1.165) is 16.9 Å². The first kappa shape index (κ1) is 23.6. The third kappa shape index (κ3) is 8.34. The third-order valence-corrected chi connectivity index (χ3v) is 4.91. The highest BCUT2D eigenvalue weighted by atomic mass is 32.2. The molecule has 3 aromatic rings. The molecule has 30 heavy (non-hydrogen) atoms. The van der Waals surface area contributed by atoms with Crippen molar-refractivity contribution in [2.75, 3.05) is 13.7 Å². The first-order valence-corrected chi connectivity index (χ1v) is 10.6. The molecular formula is C21H26N2O6S. The van der Waals surface area contributed by atoms with Crippen molar-refractivity contribution in [1.29, 1.82) is 0 Å². The van der Waals surface area contributed by atoms with Crippen LogP contribution >= 0.6 is 0 Å². The van der Waals surface area contributed by atoms with Crippen molar-refractivity contribution in [2.45, 2.75) is 31.1 Å². The Kier molecular flexibility index (Phi) is 9.00. The van der Waals surface area contributed by atoms with Gasteiger partial charge in [0.05, 0.1) is 44.2 Å². The second kappa shape index (κ2) is 11.5. The Balaban J connectivity index is 0.000000248. The topological polar surface area (TPSA) is 111 Å². The van der Waals surface area contributed by atoms with Crippen LogP contribution in [0.1, 0.15) is 11.1 Å². The largest absolute Gasteiger partial charge is 0.497 e. The molecule has 8 nitrogen and oxygen atoms in total. The van der Waals surface area contributed by atoms with E-state index < -0.39 is 16.2 Å². The van der Waals surface area contributed by atoms with Crippen molar-refractivity contribution < 1.29 is 27.6 Å². The van der Waals surface area contributed by atoms with Crippen LogP contribution in [-0.2, 0) is 28.0 Å². The fourth-order valence-corrected chi connectivity index (χ4v) is 2.92. The number of aliphatic hydroxyl groups excluding tert-OH is 1. The number of nitrogens with zero attached hydrogens (tertiary/aromatic N) is 2. The van der Waals surface area contributed by atoms with Gasteiger partial charge in [0.1, 0.15) is 5.75 Å². The highest BCUT2D eigenvalue weighted by molar-refractivity contribution is 7.85. The third-order valence-electron chi connectivity index (χ3n) is 4.04. The van der Waals surface area contributed by atoms with Crippen molar-refractivity contribution in [1.82, 2.24) is 9.55 Å². The summed E-state index contributed by atoms with van der Waals surface area (Å²) in [6.45, 7) is 3.10. The van der Waals surface area contributed by atoms with Gasteiger partial charge in [-0.25, -0.2) is 4.98 Å². The maximum atomic E-state index is 10.5. The number of aromatic nitrogens is 2. The summed E-state index contributed by atoms with van der Waals surface area (Å²) in [5.74, 6) is 0.823. The average Bonchev–Trinajstić information content (AvgIpc) is 3.21. The molecule has 3 rings (SSSR count). The van der Waals surface area contributed by atoms with Crippen LogP contribution < -0.4 is 4.74 Å². The van der Waals surface area contributed by atoms with Gasteiger partial charge in [-0.15, -0.1) is 0 Å². The van der Waals surface area contributed by atoms with Crippen molar-refractivity contribution in [2.24, 2.45) is 0 Å². The van der Waals surface area contributed by atoms with Gasteiger partial charge in [-0.3, -0.25) is 4.55 Å². The van der Waals surface area contributed by atoms with E-state index in [0.29, 0.717) is 19.8 Å². The minimum absolute atomic E-state index is 0.0666. The van der Waals surface area contributed by atoms with Crippen molar-refractivity contribution in [3.05, 3.63) is 78.4 Å². The molecule has 162 valence electrons. The Morgan fingerprint density at radius 2 is 1.77 bits per heavy atom. The maximum Gasteiger partial charge on any atom is 0.294 e. The van der Waals surface area contributed by atoms with Gasteiger partial charge in [-0.05, 0) is 36.8 Å². The van der Waals surface area contributed by atoms with E-state index >= 15 is 0 Å². The summed E-state index contributed by atoms with van der Waals surface area (Å²) in [5, 5.41) is 9.79. The predicted molar refractivity (Wildman–Crippen MR) is 112 cm³/mol. The molecule has 0 spiro atoms. The number of ether oxygens (including phenoxy) is 2. The van der Waals surface area contributed by atoms with Crippen molar-refractivity contribution >= 4 is 10.1 Å². The monoisotopic (exact) mass is 434 g/mol. The molecular weight excluding hydrogens is 408 g/mol. The van der Waals surface area contributed by atoms with Crippen LogP contribution in [0.5, 0.6) is 5.75 Å². The van der Waals surface area contributed by atoms with Crippen LogP contribution in [-0.4, -0.2) is 47.4 Å². The summed E-state index contributed by atoms with van der Waals surface area (Å²) in [6, 6.07) is 13.7. The normalized spacial score (nSPS) is 12.0.